The first-order chi connectivity index (χ1) is 8.63. The van der Waals surface area contributed by atoms with Crippen molar-refractivity contribution in [2.45, 2.75) is 32.2 Å². The van der Waals surface area contributed by atoms with Crippen molar-refractivity contribution >= 4 is 5.69 Å². The van der Waals surface area contributed by atoms with E-state index in [1.54, 1.807) is 7.11 Å². The smallest absolute Gasteiger partial charge is 0.125 e. The summed E-state index contributed by atoms with van der Waals surface area (Å²) in [5, 5.41) is 0. The summed E-state index contributed by atoms with van der Waals surface area (Å²) in [5.74, 6) is 1.74. The Bertz CT molecular complexity index is 399. The van der Waals surface area contributed by atoms with Crippen LogP contribution in [0.4, 0.5) is 5.69 Å². The van der Waals surface area contributed by atoms with E-state index in [4.69, 9.17) is 10.5 Å². The van der Waals surface area contributed by atoms with Gasteiger partial charge in [0, 0.05) is 30.9 Å². The number of ether oxygens (including phenoxy) is 1. The molecular formula is C15H24N2O. The second-order valence-corrected chi connectivity index (χ2v) is 5.36. The lowest BCUT2D eigenvalue weighted by molar-refractivity contribution is 0.321. The molecule has 1 saturated carbocycles. The molecule has 0 heterocycles. The molecule has 1 aliphatic carbocycles. The number of anilines is 1. The van der Waals surface area contributed by atoms with Crippen LogP contribution in [0, 0.1) is 5.92 Å². The van der Waals surface area contributed by atoms with Crippen LogP contribution < -0.4 is 15.4 Å². The van der Waals surface area contributed by atoms with Gasteiger partial charge in [0.05, 0.1) is 7.11 Å². The molecule has 0 aromatic heterocycles. The molecular weight excluding hydrogens is 224 g/mol. The van der Waals surface area contributed by atoms with E-state index in [-0.39, 0.29) is 6.04 Å². The zero-order chi connectivity index (χ0) is 13.1. The number of rotatable bonds is 5. The van der Waals surface area contributed by atoms with Gasteiger partial charge in [-0.15, -0.1) is 0 Å². The van der Waals surface area contributed by atoms with Crippen LogP contribution >= 0.6 is 0 Å². The Kier molecular flexibility index (Phi) is 4.12. The summed E-state index contributed by atoms with van der Waals surface area (Å²) >= 11 is 0. The summed E-state index contributed by atoms with van der Waals surface area (Å²) in [6, 6.07) is 6.15. The monoisotopic (exact) mass is 248 g/mol. The highest BCUT2D eigenvalue weighted by molar-refractivity contribution is 5.60. The molecule has 100 valence electrons. The van der Waals surface area contributed by atoms with Crippen molar-refractivity contribution in [3.05, 3.63) is 23.8 Å². The predicted molar refractivity (Wildman–Crippen MR) is 76.2 cm³/mol. The normalized spacial score (nSPS) is 17.1. The maximum atomic E-state index is 6.10. The summed E-state index contributed by atoms with van der Waals surface area (Å²) in [5.41, 5.74) is 8.42. The average molecular weight is 248 g/mol. The first-order valence-electron chi connectivity index (χ1n) is 6.77. The van der Waals surface area contributed by atoms with Gasteiger partial charge in [-0.25, -0.2) is 0 Å². The van der Waals surface area contributed by atoms with Crippen molar-refractivity contribution in [2.24, 2.45) is 11.7 Å². The van der Waals surface area contributed by atoms with Gasteiger partial charge in [0.1, 0.15) is 5.75 Å². The van der Waals surface area contributed by atoms with Crippen molar-refractivity contribution < 1.29 is 4.74 Å². The van der Waals surface area contributed by atoms with Crippen LogP contribution in [0.5, 0.6) is 5.75 Å². The minimum Gasteiger partial charge on any atom is -0.496 e. The predicted octanol–water partition coefficient (Wildman–Crippen LogP) is 2.95. The number of benzene rings is 1. The minimum atomic E-state index is -0.0139. The van der Waals surface area contributed by atoms with Crippen LogP contribution in [0.15, 0.2) is 18.2 Å². The third-order valence-corrected chi connectivity index (χ3v) is 3.89. The molecule has 0 aliphatic heterocycles. The summed E-state index contributed by atoms with van der Waals surface area (Å²) in [7, 11) is 3.86. The fraction of sp³-hybridized carbons (Fsp3) is 0.600. The highest BCUT2D eigenvalue weighted by Gasteiger charge is 2.22. The molecule has 1 aromatic carbocycles. The molecule has 1 fully saturated rings. The highest BCUT2D eigenvalue weighted by atomic mass is 16.5. The van der Waals surface area contributed by atoms with Crippen LogP contribution in [0.3, 0.4) is 0 Å². The largest absolute Gasteiger partial charge is 0.496 e. The molecule has 0 bridgehead atoms. The summed E-state index contributed by atoms with van der Waals surface area (Å²) < 4.78 is 5.44. The second kappa shape index (κ2) is 5.61. The molecule has 2 N–H and O–H groups in total. The van der Waals surface area contributed by atoms with Crippen LogP contribution in [0.2, 0.25) is 0 Å². The van der Waals surface area contributed by atoms with E-state index in [1.807, 2.05) is 19.1 Å². The molecule has 1 aliphatic rings. The van der Waals surface area contributed by atoms with E-state index in [0.717, 1.165) is 23.8 Å². The van der Waals surface area contributed by atoms with Crippen molar-refractivity contribution in [1.82, 2.24) is 0 Å². The van der Waals surface area contributed by atoms with Gasteiger partial charge in [0.2, 0.25) is 0 Å². The molecule has 0 radical (unpaired) electrons. The Morgan fingerprint density at radius 1 is 1.44 bits per heavy atom. The number of nitrogens with zero attached hydrogens (tertiary/aromatic N) is 1. The van der Waals surface area contributed by atoms with E-state index in [2.05, 4.69) is 18.0 Å². The summed E-state index contributed by atoms with van der Waals surface area (Å²) in [6.07, 6.45) is 4.11. The average Bonchev–Trinajstić information content (AvgIpc) is 2.32. The lowest BCUT2D eigenvalue weighted by Crippen LogP contribution is -2.30. The standard InChI is InChI=1S/C15H24N2O/c1-11(16)15-13(8-5-9-14(15)18-3)17(2)10-12-6-4-7-12/h5,8-9,11-12H,4,6-7,10,16H2,1-3H3/t11-/m0/s1. The Balaban J connectivity index is 2.24. The van der Waals surface area contributed by atoms with E-state index < -0.39 is 0 Å². The lowest BCUT2D eigenvalue weighted by atomic mass is 9.85. The molecule has 1 aromatic rings. The first kappa shape index (κ1) is 13.2. The molecule has 18 heavy (non-hydrogen) atoms. The topological polar surface area (TPSA) is 38.5 Å². The molecule has 0 amide bonds. The zero-order valence-corrected chi connectivity index (χ0v) is 11.6. The first-order valence-corrected chi connectivity index (χ1v) is 6.77. The summed E-state index contributed by atoms with van der Waals surface area (Å²) in [6.45, 7) is 3.13. The van der Waals surface area contributed by atoms with Crippen molar-refractivity contribution in [2.75, 3.05) is 25.6 Å². The van der Waals surface area contributed by atoms with E-state index in [0.29, 0.717) is 0 Å². The van der Waals surface area contributed by atoms with E-state index in [9.17, 15) is 0 Å². The Labute approximate surface area is 110 Å². The Morgan fingerprint density at radius 3 is 2.67 bits per heavy atom. The van der Waals surface area contributed by atoms with Crippen LogP contribution in [0.25, 0.3) is 0 Å². The van der Waals surface area contributed by atoms with Gasteiger partial charge in [0.15, 0.2) is 0 Å². The van der Waals surface area contributed by atoms with Gasteiger partial charge in [-0.2, -0.15) is 0 Å². The molecule has 2 rings (SSSR count). The molecule has 0 saturated heterocycles. The van der Waals surface area contributed by atoms with Gasteiger partial charge >= 0.3 is 0 Å². The number of hydrogen-bond acceptors (Lipinski definition) is 3. The van der Waals surface area contributed by atoms with Gasteiger partial charge in [-0.05, 0) is 37.8 Å². The van der Waals surface area contributed by atoms with Gasteiger partial charge in [-0.1, -0.05) is 12.5 Å². The number of hydrogen-bond donors (Lipinski definition) is 1. The fourth-order valence-corrected chi connectivity index (χ4v) is 2.66. The molecule has 1 atom stereocenters. The Hall–Kier alpha value is -1.22. The zero-order valence-electron chi connectivity index (χ0n) is 11.6. The van der Waals surface area contributed by atoms with Crippen LogP contribution in [-0.4, -0.2) is 20.7 Å². The number of methoxy groups -OCH3 is 1. The third kappa shape index (κ3) is 2.61. The summed E-state index contributed by atoms with van der Waals surface area (Å²) in [4.78, 5) is 2.32. The highest BCUT2D eigenvalue weighted by Crippen LogP contribution is 2.35. The maximum Gasteiger partial charge on any atom is 0.125 e. The van der Waals surface area contributed by atoms with E-state index >= 15 is 0 Å². The molecule has 0 unspecified atom stereocenters. The van der Waals surface area contributed by atoms with Crippen molar-refractivity contribution in [3.8, 4) is 5.75 Å². The SMILES string of the molecule is COc1cccc(N(C)CC2CCC2)c1[C@H](C)N. The van der Waals surface area contributed by atoms with Crippen molar-refractivity contribution in [1.29, 1.82) is 0 Å². The molecule has 3 heteroatoms. The van der Waals surface area contributed by atoms with Gasteiger partial charge < -0.3 is 15.4 Å². The fourth-order valence-electron chi connectivity index (χ4n) is 2.66. The van der Waals surface area contributed by atoms with Gasteiger partial charge in [-0.3, -0.25) is 0 Å². The minimum absolute atomic E-state index is 0.0139. The lowest BCUT2D eigenvalue weighted by Gasteiger charge is -2.33. The van der Waals surface area contributed by atoms with Crippen LogP contribution in [-0.2, 0) is 0 Å². The third-order valence-electron chi connectivity index (χ3n) is 3.89. The molecule has 0 spiro atoms. The van der Waals surface area contributed by atoms with Gasteiger partial charge in [0.25, 0.3) is 0 Å². The second-order valence-electron chi connectivity index (χ2n) is 5.36. The number of nitrogens with two attached hydrogens (primary N) is 1. The maximum absolute atomic E-state index is 6.10. The van der Waals surface area contributed by atoms with E-state index in [1.165, 1.54) is 24.9 Å². The molecule has 3 nitrogen and oxygen atoms in total. The van der Waals surface area contributed by atoms with Crippen molar-refractivity contribution in [3.63, 3.8) is 0 Å². The van der Waals surface area contributed by atoms with Crippen LogP contribution in [0.1, 0.15) is 37.8 Å². The Morgan fingerprint density at radius 2 is 2.17 bits per heavy atom. The quantitative estimate of drug-likeness (QED) is 0.870.